The van der Waals surface area contributed by atoms with Crippen LogP contribution in [0.15, 0.2) is 45.6 Å². The molecule has 0 spiro atoms. The predicted octanol–water partition coefficient (Wildman–Crippen LogP) is 4.08. The van der Waals surface area contributed by atoms with E-state index in [9.17, 15) is 9.59 Å². The third kappa shape index (κ3) is 3.94. The van der Waals surface area contributed by atoms with E-state index >= 15 is 0 Å². The largest absolute Gasteiger partial charge is 0.493 e. The summed E-state index contributed by atoms with van der Waals surface area (Å²) in [4.78, 5) is 24.1. The van der Waals surface area contributed by atoms with Crippen LogP contribution in [0, 0.1) is 0 Å². The normalized spacial score (nSPS) is 11.0. The number of carboxylic acid groups (broad SMARTS) is 1. The molecular formula is C22H20O7. The number of rotatable bonds is 7. The molecule has 29 heavy (non-hydrogen) atoms. The van der Waals surface area contributed by atoms with E-state index in [0.29, 0.717) is 11.5 Å². The number of hydrogen-bond acceptors (Lipinski definition) is 6. The SMILES string of the molecule is CCOc1c(/C=C/c2cccc(OC)c2OC)oc2ccc(C(=O)O)cc2c1=O. The number of methoxy groups -OCH3 is 2. The molecule has 0 unspecified atom stereocenters. The molecule has 0 aliphatic heterocycles. The number of fused-ring (bicyclic) bond motifs is 1. The fourth-order valence-corrected chi connectivity index (χ4v) is 2.93. The Morgan fingerprint density at radius 1 is 1.10 bits per heavy atom. The number of para-hydroxylation sites is 1. The summed E-state index contributed by atoms with van der Waals surface area (Å²) in [5.41, 5.74) is 0.545. The molecule has 150 valence electrons. The molecule has 0 atom stereocenters. The molecule has 0 amide bonds. The number of carbonyl (C=O) groups is 1. The molecule has 3 aromatic rings. The molecule has 0 radical (unpaired) electrons. The molecule has 1 N–H and O–H groups in total. The first-order valence-electron chi connectivity index (χ1n) is 8.86. The van der Waals surface area contributed by atoms with Gasteiger partial charge in [-0.2, -0.15) is 0 Å². The standard InChI is InChI=1S/C22H20O7/c1-4-28-21-18(11-8-13-6-5-7-17(26-2)20(13)27-3)29-16-10-9-14(22(24)25)12-15(16)19(21)23/h5-12H,4H2,1-3H3,(H,24,25)/b11-8+. The van der Waals surface area contributed by atoms with Gasteiger partial charge in [0, 0.05) is 5.56 Å². The second-order valence-corrected chi connectivity index (χ2v) is 5.99. The van der Waals surface area contributed by atoms with Crippen LogP contribution < -0.4 is 19.6 Å². The van der Waals surface area contributed by atoms with Crippen molar-refractivity contribution in [1.29, 1.82) is 0 Å². The first-order valence-corrected chi connectivity index (χ1v) is 8.86. The van der Waals surface area contributed by atoms with Crippen molar-refractivity contribution in [2.24, 2.45) is 0 Å². The molecule has 0 aliphatic rings. The van der Waals surface area contributed by atoms with Gasteiger partial charge >= 0.3 is 5.97 Å². The lowest BCUT2D eigenvalue weighted by atomic mass is 10.1. The van der Waals surface area contributed by atoms with E-state index in [0.717, 1.165) is 5.56 Å². The number of aromatic carboxylic acids is 1. The Morgan fingerprint density at radius 2 is 1.90 bits per heavy atom. The highest BCUT2D eigenvalue weighted by atomic mass is 16.5. The predicted molar refractivity (Wildman–Crippen MR) is 109 cm³/mol. The zero-order valence-corrected chi connectivity index (χ0v) is 16.2. The van der Waals surface area contributed by atoms with Gasteiger partial charge in [-0.3, -0.25) is 4.79 Å². The van der Waals surface area contributed by atoms with E-state index in [2.05, 4.69) is 0 Å². The summed E-state index contributed by atoms with van der Waals surface area (Å²) in [5, 5.41) is 9.31. The summed E-state index contributed by atoms with van der Waals surface area (Å²) < 4.78 is 22.0. The van der Waals surface area contributed by atoms with Crippen molar-refractivity contribution in [1.82, 2.24) is 0 Å². The number of carboxylic acids is 1. The van der Waals surface area contributed by atoms with Gasteiger partial charge in [-0.15, -0.1) is 0 Å². The van der Waals surface area contributed by atoms with Crippen molar-refractivity contribution in [3.8, 4) is 17.2 Å². The average Bonchev–Trinajstić information content (AvgIpc) is 2.73. The Kier molecular flexibility index (Phi) is 5.87. The van der Waals surface area contributed by atoms with Crippen LogP contribution in [0.1, 0.15) is 28.6 Å². The van der Waals surface area contributed by atoms with E-state index in [1.807, 2.05) is 12.1 Å². The van der Waals surface area contributed by atoms with Crippen LogP contribution in [0.25, 0.3) is 23.1 Å². The smallest absolute Gasteiger partial charge is 0.335 e. The van der Waals surface area contributed by atoms with Crippen molar-refractivity contribution in [2.45, 2.75) is 6.92 Å². The molecule has 7 heteroatoms. The fraction of sp³-hybridized carbons (Fsp3) is 0.182. The number of hydrogen-bond donors (Lipinski definition) is 1. The van der Waals surface area contributed by atoms with Gasteiger partial charge in [0.1, 0.15) is 5.58 Å². The van der Waals surface area contributed by atoms with Gasteiger partial charge < -0.3 is 23.7 Å². The van der Waals surface area contributed by atoms with E-state index in [1.54, 1.807) is 32.3 Å². The van der Waals surface area contributed by atoms with E-state index < -0.39 is 11.4 Å². The average molecular weight is 396 g/mol. The van der Waals surface area contributed by atoms with Gasteiger partial charge in [-0.1, -0.05) is 12.1 Å². The van der Waals surface area contributed by atoms with Crippen LogP contribution in [0.2, 0.25) is 0 Å². The molecule has 0 fully saturated rings. The van der Waals surface area contributed by atoms with E-state index in [-0.39, 0.29) is 34.6 Å². The van der Waals surface area contributed by atoms with Gasteiger partial charge in [-0.05, 0) is 43.3 Å². The van der Waals surface area contributed by atoms with Crippen molar-refractivity contribution < 1.29 is 28.5 Å². The maximum Gasteiger partial charge on any atom is 0.335 e. The van der Waals surface area contributed by atoms with Crippen LogP contribution in [-0.4, -0.2) is 31.9 Å². The zero-order valence-electron chi connectivity index (χ0n) is 16.2. The Hall–Kier alpha value is -3.74. The van der Waals surface area contributed by atoms with Crippen LogP contribution >= 0.6 is 0 Å². The van der Waals surface area contributed by atoms with Crippen molar-refractivity contribution >= 4 is 29.1 Å². The molecule has 1 aromatic heterocycles. The summed E-state index contributed by atoms with van der Waals surface area (Å²) in [6, 6.07) is 9.54. The molecule has 1 heterocycles. The highest BCUT2D eigenvalue weighted by Gasteiger charge is 2.16. The van der Waals surface area contributed by atoms with Crippen molar-refractivity contribution in [3.63, 3.8) is 0 Å². The first-order chi connectivity index (χ1) is 14.0. The summed E-state index contributed by atoms with van der Waals surface area (Å²) in [5.74, 6) is 0.218. The van der Waals surface area contributed by atoms with Crippen LogP contribution in [0.3, 0.4) is 0 Å². The monoisotopic (exact) mass is 396 g/mol. The van der Waals surface area contributed by atoms with Crippen LogP contribution in [-0.2, 0) is 0 Å². The Bertz CT molecular complexity index is 1140. The van der Waals surface area contributed by atoms with Crippen molar-refractivity contribution in [3.05, 3.63) is 63.5 Å². The number of benzene rings is 2. The second-order valence-electron chi connectivity index (χ2n) is 5.99. The van der Waals surface area contributed by atoms with Gasteiger partial charge in [0.15, 0.2) is 17.3 Å². The quantitative estimate of drug-likeness (QED) is 0.643. The molecule has 0 saturated carbocycles. The molecule has 7 nitrogen and oxygen atoms in total. The molecule has 3 rings (SSSR count). The highest BCUT2D eigenvalue weighted by Crippen LogP contribution is 2.32. The maximum atomic E-state index is 12.9. The highest BCUT2D eigenvalue weighted by molar-refractivity contribution is 5.93. The number of ether oxygens (including phenoxy) is 3. The third-order valence-corrected chi connectivity index (χ3v) is 4.26. The molecular weight excluding hydrogens is 376 g/mol. The third-order valence-electron chi connectivity index (χ3n) is 4.26. The summed E-state index contributed by atoms with van der Waals surface area (Å²) in [6.45, 7) is 1.99. The molecule has 2 aromatic carbocycles. The Morgan fingerprint density at radius 3 is 2.55 bits per heavy atom. The van der Waals surface area contributed by atoms with Crippen molar-refractivity contribution in [2.75, 3.05) is 20.8 Å². The fourth-order valence-electron chi connectivity index (χ4n) is 2.93. The van der Waals surface area contributed by atoms with Gasteiger partial charge in [0.2, 0.25) is 11.2 Å². The van der Waals surface area contributed by atoms with Gasteiger partial charge in [0.25, 0.3) is 0 Å². The van der Waals surface area contributed by atoms with Crippen LogP contribution in [0.5, 0.6) is 17.2 Å². The Balaban J connectivity index is 2.15. The lowest BCUT2D eigenvalue weighted by molar-refractivity contribution is 0.0697. The minimum atomic E-state index is -1.13. The van der Waals surface area contributed by atoms with E-state index in [4.69, 9.17) is 23.7 Å². The molecule has 0 aliphatic carbocycles. The summed E-state index contributed by atoms with van der Waals surface area (Å²) >= 11 is 0. The lowest BCUT2D eigenvalue weighted by Gasteiger charge is -2.10. The van der Waals surface area contributed by atoms with E-state index in [1.165, 1.54) is 25.3 Å². The Labute approximate surface area is 166 Å². The minimum Gasteiger partial charge on any atom is -0.493 e. The maximum absolute atomic E-state index is 12.9. The topological polar surface area (TPSA) is 95.2 Å². The summed E-state index contributed by atoms with van der Waals surface area (Å²) in [7, 11) is 3.09. The van der Waals surface area contributed by atoms with Crippen LogP contribution in [0.4, 0.5) is 0 Å². The van der Waals surface area contributed by atoms with Gasteiger partial charge in [0.05, 0.1) is 31.8 Å². The second kappa shape index (κ2) is 8.52. The minimum absolute atomic E-state index is 0.00309. The first kappa shape index (κ1) is 20.0. The summed E-state index contributed by atoms with van der Waals surface area (Å²) in [6.07, 6.45) is 3.33. The molecule has 0 saturated heterocycles. The molecule has 0 bridgehead atoms. The van der Waals surface area contributed by atoms with Gasteiger partial charge in [-0.25, -0.2) is 4.79 Å². The lowest BCUT2D eigenvalue weighted by Crippen LogP contribution is -2.11. The zero-order chi connectivity index (χ0) is 21.0.